The van der Waals surface area contributed by atoms with Gasteiger partial charge < -0.3 is 0 Å². The van der Waals surface area contributed by atoms with Gasteiger partial charge in [0, 0.05) is 5.92 Å². The molecule has 0 saturated carbocycles. The molecule has 0 fully saturated rings. The number of fused-ring (bicyclic) bond motifs is 1. The highest BCUT2D eigenvalue weighted by molar-refractivity contribution is 7.86. The molecule has 0 bridgehead atoms. The number of benzene rings is 1. The molecule has 26 heavy (non-hydrogen) atoms. The zero-order chi connectivity index (χ0) is 19.2. The molecule has 0 aliphatic heterocycles. The van der Waals surface area contributed by atoms with Crippen LogP contribution in [-0.4, -0.2) is 13.0 Å². The zero-order valence-corrected chi connectivity index (χ0v) is 17.3. The van der Waals surface area contributed by atoms with E-state index < -0.39 is 14.9 Å². The average Bonchev–Trinajstić information content (AvgIpc) is 2.61. The second-order valence-corrected chi connectivity index (χ2v) is 9.28. The number of aryl methyl sites for hydroxylation is 1. The zero-order valence-electron chi connectivity index (χ0n) is 16.5. The fourth-order valence-corrected chi connectivity index (χ4v) is 5.66. The third kappa shape index (κ3) is 4.23. The van der Waals surface area contributed by atoms with Gasteiger partial charge in [-0.25, -0.2) is 0 Å². The molecule has 2 unspecified atom stereocenters. The van der Waals surface area contributed by atoms with Crippen LogP contribution < -0.4 is 0 Å². The van der Waals surface area contributed by atoms with E-state index in [1.807, 2.05) is 12.1 Å². The van der Waals surface area contributed by atoms with Gasteiger partial charge in [-0.3, -0.25) is 4.55 Å². The Labute approximate surface area is 159 Å². The maximum atomic E-state index is 12.7. The van der Waals surface area contributed by atoms with Gasteiger partial charge in [0.05, 0.1) is 0 Å². The van der Waals surface area contributed by atoms with Crippen LogP contribution in [0, 0.1) is 5.92 Å². The van der Waals surface area contributed by atoms with Gasteiger partial charge in [-0.15, -0.1) is 0 Å². The quantitative estimate of drug-likeness (QED) is 0.498. The molecule has 2 atom stereocenters. The van der Waals surface area contributed by atoms with E-state index in [1.165, 1.54) is 5.56 Å². The van der Waals surface area contributed by atoms with E-state index in [2.05, 4.69) is 39.0 Å². The Bertz CT molecular complexity index is 721. The number of allylic oxidation sites excluding steroid dienone is 1. The molecule has 0 heterocycles. The van der Waals surface area contributed by atoms with E-state index in [1.54, 1.807) is 0 Å². The standard InChI is InChI=1S/C22H34O3S/c1-4-7-10-18-12-15-21-19(17-18)13-14-20(11-8-5-2)22(21,16-9-6-3)26(23,24)25/h12-15,17,20H,4-11,16H2,1-3H3,(H,23,24,25). The lowest BCUT2D eigenvalue weighted by molar-refractivity contribution is 0.324. The number of hydrogen-bond donors (Lipinski definition) is 1. The lowest BCUT2D eigenvalue weighted by Crippen LogP contribution is -2.44. The molecule has 0 aromatic heterocycles. The minimum atomic E-state index is -4.23. The fourth-order valence-electron chi connectivity index (χ4n) is 4.22. The van der Waals surface area contributed by atoms with Gasteiger partial charge in [0.25, 0.3) is 10.1 Å². The fraction of sp³-hybridized carbons (Fsp3) is 0.636. The van der Waals surface area contributed by atoms with E-state index in [0.29, 0.717) is 6.42 Å². The third-order valence-electron chi connectivity index (χ3n) is 5.73. The monoisotopic (exact) mass is 378 g/mol. The summed E-state index contributed by atoms with van der Waals surface area (Å²) in [5.74, 6) is -0.169. The highest BCUT2D eigenvalue weighted by Crippen LogP contribution is 2.49. The lowest BCUT2D eigenvalue weighted by atomic mass is 9.73. The summed E-state index contributed by atoms with van der Waals surface area (Å²) in [6, 6.07) is 6.13. The minimum Gasteiger partial charge on any atom is -0.285 e. The summed E-state index contributed by atoms with van der Waals surface area (Å²) in [6.45, 7) is 6.35. The number of unbranched alkanes of at least 4 members (excludes halogenated alkanes) is 3. The van der Waals surface area contributed by atoms with E-state index in [9.17, 15) is 13.0 Å². The van der Waals surface area contributed by atoms with E-state index in [4.69, 9.17) is 0 Å². The Morgan fingerprint density at radius 3 is 2.35 bits per heavy atom. The molecule has 1 aliphatic rings. The molecule has 1 aliphatic carbocycles. The van der Waals surface area contributed by atoms with Crippen molar-refractivity contribution in [1.29, 1.82) is 0 Å². The van der Waals surface area contributed by atoms with Crippen LogP contribution in [-0.2, 0) is 21.3 Å². The molecule has 0 radical (unpaired) electrons. The van der Waals surface area contributed by atoms with Crippen molar-refractivity contribution in [3.63, 3.8) is 0 Å². The van der Waals surface area contributed by atoms with Crippen molar-refractivity contribution in [3.8, 4) is 0 Å². The Balaban J connectivity index is 2.56. The second-order valence-electron chi connectivity index (χ2n) is 7.60. The first kappa shape index (κ1) is 21.2. The molecular weight excluding hydrogens is 344 g/mol. The van der Waals surface area contributed by atoms with E-state index in [-0.39, 0.29) is 5.92 Å². The van der Waals surface area contributed by atoms with Crippen molar-refractivity contribution in [3.05, 3.63) is 41.0 Å². The number of rotatable bonds is 10. The Hall–Kier alpha value is -1.13. The van der Waals surface area contributed by atoms with Gasteiger partial charge in [0.15, 0.2) is 0 Å². The van der Waals surface area contributed by atoms with Crippen molar-refractivity contribution in [2.45, 2.75) is 83.3 Å². The van der Waals surface area contributed by atoms with Crippen LogP contribution in [0.25, 0.3) is 6.08 Å². The van der Waals surface area contributed by atoms with Crippen molar-refractivity contribution >= 4 is 16.2 Å². The molecule has 1 aromatic rings. The van der Waals surface area contributed by atoms with Gasteiger partial charge in [-0.2, -0.15) is 8.42 Å². The largest absolute Gasteiger partial charge is 0.285 e. The smallest absolute Gasteiger partial charge is 0.275 e. The van der Waals surface area contributed by atoms with Gasteiger partial charge >= 0.3 is 0 Å². The van der Waals surface area contributed by atoms with Crippen LogP contribution in [0.2, 0.25) is 0 Å². The third-order valence-corrected chi connectivity index (χ3v) is 7.38. The predicted molar refractivity (Wildman–Crippen MR) is 110 cm³/mol. The summed E-state index contributed by atoms with van der Waals surface area (Å²) < 4.78 is 34.6. The molecule has 0 amide bonds. The van der Waals surface area contributed by atoms with Gasteiger partial charge in [0.1, 0.15) is 4.75 Å². The summed E-state index contributed by atoms with van der Waals surface area (Å²) in [7, 11) is -4.23. The molecule has 2 rings (SSSR count). The molecule has 4 heteroatoms. The average molecular weight is 379 g/mol. The molecule has 0 saturated heterocycles. The Morgan fingerprint density at radius 1 is 1.04 bits per heavy atom. The first-order valence-electron chi connectivity index (χ1n) is 10.2. The molecular formula is C22H34O3S. The van der Waals surface area contributed by atoms with Crippen LogP contribution in [0.3, 0.4) is 0 Å². The Morgan fingerprint density at radius 2 is 1.73 bits per heavy atom. The number of hydrogen-bond acceptors (Lipinski definition) is 2. The second kappa shape index (κ2) is 9.18. The van der Waals surface area contributed by atoms with E-state index in [0.717, 1.165) is 62.5 Å². The van der Waals surface area contributed by atoms with Crippen molar-refractivity contribution in [2.75, 3.05) is 0 Å². The normalized spacial score (nSPS) is 22.4. The van der Waals surface area contributed by atoms with Crippen LogP contribution in [0.5, 0.6) is 0 Å². The van der Waals surface area contributed by atoms with Gasteiger partial charge in [-0.1, -0.05) is 83.2 Å². The van der Waals surface area contributed by atoms with Gasteiger partial charge in [0.2, 0.25) is 0 Å². The maximum Gasteiger partial charge on any atom is 0.275 e. The minimum absolute atomic E-state index is 0.169. The van der Waals surface area contributed by atoms with Crippen molar-refractivity contribution < 1.29 is 13.0 Å². The predicted octanol–water partition coefficient (Wildman–Crippen LogP) is 6.14. The summed E-state index contributed by atoms with van der Waals surface area (Å²) >= 11 is 0. The molecule has 1 aromatic carbocycles. The molecule has 3 nitrogen and oxygen atoms in total. The van der Waals surface area contributed by atoms with E-state index >= 15 is 0 Å². The first-order valence-corrected chi connectivity index (χ1v) is 11.6. The highest BCUT2D eigenvalue weighted by atomic mass is 32.2. The maximum absolute atomic E-state index is 12.7. The Kier molecular flexibility index (Phi) is 7.48. The van der Waals surface area contributed by atoms with Crippen molar-refractivity contribution in [2.24, 2.45) is 5.92 Å². The van der Waals surface area contributed by atoms with Crippen molar-refractivity contribution in [1.82, 2.24) is 0 Å². The molecule has 146 valence electrons. The van der Waals surface area contributed by atoms with Gasteiger partial charge in [-0.05, 0) is 42.4 Å². The van der Waals surface area contributed by atoms with Crippen LogP contribution in [0.4, 0.5) is 0 Å². The molecule has 1 N–H and O–H groups in total. The summed E-state index contributed by atoms with van der Waals surface area (Å²) in [4.78, 5) is 0. The first-order chi connectivity index (χ1) is 12.4. The van der Waals surface area contributed by atoms with Crippen LogP contribution >= 0.6 is 0 Å². The lowest BCUT2D eigenvalue weighted by Gasteiger charge is -2.41. The highest BCUT2D eigenvalue weighted by Gasteiger charge is 2.51. The summed E-state index contributed by atoms with van der Waals surface area (Å²) in [5.41, 5.74) is 2.99. The SMILES string of the molecule is CCCCc1ccc2c(c1)C=CC(CCCC)C2(CCCC)S(=O)(=O)O. The van der Waals surface area contributed by atoms with Crippen LogP contribution in [0.15, 0.2) is 24.3 Å². The topological polar surface area (TPSA) is 54.4 Å². The van der Waals surface area contributed by atoms with Crippen LogP contribution in [0.1, 0.15) is 88.8 Å². The summed E-state index contributed by atoms with van der Waals surface area (Å²) in [6.07, 6.45) is 12.3. The molecule has 0 spiro atoms. The summed E-state index contributed by atoms with van der Waals surface area (Å²) in [5, 5.41) is 0.